The van der Waals surface area contributed by atoms with Gasteiger partial charge in [-0.05, 0) is 38.5 Å². The summed E-state index contributed by atoms with van der Waals surface area (Å²) >= 11 is 6.25. The van der Waals surface area contributed by atoms with Crippen LogP contribution in [-0.4, -0.2) is 28.0 Å². The Balaban J connectivity index is 1.62. The average Bonchev–Trinajstić information content (AvgIpc) is 2.98. The van der Waals surface area contributed by atoms with Gasteiger partial charge in [0, 0.05) is 18.1 Å². The fourth-order valence-electron chi connectivity index (χ4n) is 3.71. The maximum absolute atomic E-state index is 6.25. The van der Waals surface area contributed by atoms with E-state index < -0.39 is 0 Å². The lowest BCUT2D eigenvalue weighted by atomic mass is 9.68. The Labute approximate surface area is 147 Å². The SMILES string of the molecule is CCC1(COc2cc(Cl)nc3c2cnn3C2CCCCO2)CCC1. The van der Waals surface area contributed by atoms with Crippen LogP contribution in [-0.2, 0) is 4.74 Å². The molecule has 2 aromatic heterocycles. The number of pyridine rings is 1. The van der Waals surface area contributed by atoms with E-state index in [2.05, 4.69) is 17.0 Å². The Morgan fingerprint density at radius 2 is 2.25 bits per heavy atom. The summed E-state index contributed by atoms with van der Waals surface area (Å²) in [7, 11) is 0. The van der Waals surface area contributed by atoms with E-state index in [-0.39, 0.29) is 6.23 Å². The van der Waals surface area contributed by atoms with Crippen LogP contribution in [0.5, 0.6) is 5.75 Å². The average molecular weight is 350 g/mol. The van der Waals surface area contributed by atoms with Gasteiger partial charge in [0.2, 0.25) is 0 Å². The summed E-state index contributed by atoms with van der Waals surface area (Å²) in [5.74, 6) is 0.784. The number of ether oxygens (including phenoxy) is 2. The Hall–Kier alpha value is -1.33. The normalized spacial score (nSPS) is 23.2. The molecule has 2 aromatic rings. The van der Waals surface area contributed by atoms with E-state index in [0.717, 1.165) is 55.7 Å². The van der Waals surface area contributed by atoms with Gasteiger partial charge in [-0.3, -0.25) is 0 Å². The molecule has 0 aromatic carbocycles. The van der Waals surface area contributed by atoms with Gasteiger partial charge in [0.15, 0.2) is 11.9 Å². The lowest BCUT2D eigenvalue weighted by molar-refractivity contribution is -0.0370. The van der Waals surface area contributed by atoms with Crippen molar-refractivity contribution in [3.05, 3.63) is 17.4 Å². The molecule has 24 heavy (non-hydrogen) atoms. The molecule has 0 radical (unpaired) electrons. The van der Waals surface area contributed by atoms with Crippen molar-refractivity contribution in [2.24, 2.45) is 5.41 Å². The van der Waals surface area contributed by atoms with Gasteiger partial charge in [0.25, 0.3) is 0 Å². The van der Waals surface area contributed by atoms with Gasteiger partial charge in [-0.2, -0.15) is 5.10 Å². The van der Waals surface area contributed by atoms with Crippen molar-refractivity contribution in [3.63, 3.8) is 0 Å². The summed E-state index contributed by atoms with van der Waals surface area (Å²) in [5.41, 5.74) is 1.09. The van der Waals surface area contributed by atoms with Gasteiger partial charge in [-0.25, -0.2) is 9.67 Å². The summed E-state index contributed by atoms with van der Waals surface area (Å²) < 4.78 is 13.9. The summed E-state index contributed by atoms with van der Waals surface area (Å²) in [6.07, 6.45) is 9.95. The van der Waals surface area contributed by atoms with Gasteiger partial charge in [0.1, 0.15) is 10.9 Å². The third-order valence-corrected chi connectivity index (χ3v) is 5.82. The number of hydrogen-bond donors (Lipinski definition) is 0. The highest BCUT2D eigenvalue weighted by Gasteiger charge is 2.36. The predicted molar refractivity (Wildman–Crippen MR) is 93.4 cm³/mol. The Kier molecular flexibility index (Phi) is 4.39. The van der Waals surface area contributed by atoms with Gasteiger partial charge in [-0.15, -0.1) is 0 Å². The molecule has 1 atom stereocenters. The Bertz CT molecular complexity index is 715. The van der Waals surface area contributed by atoms with Crippen molar-refractivity contribution in [1.82, 2.24) is 14.8 Å². The highest BCUT2D eigenvalue weighted by molar-refractivity contribution is 6.30. The van der Waals surface area contributed by atoms with Crippen molar-refractivity contribution in [3.8, 4) is 5.75 Å². The van der Waals surface area contributed by atoms with Crippen molar-refractivity contribution >= 4 is 22.6 Å². The molecule has 1 unspecified atom stereocenters. The third kappa shape index (κ3) is 2.88. The van der Waals surface area contributed by atoms with Crippen LogP contribution in [0.3, 0.4) is 0 Å². The lowest BCUT2D eigenvalue weighted by Gasteiger charge is -2.40. The fourth-order valence-corrected chi connectivity index (χ4v) is 3.89. The standard InChI is InChI=1S/C18H24ClN3O2/c1-2-18(7-5-8-18)12-24-14-10-15(19)21-17-13(14)11-20-22(17)16-6-3-4-9-23-16/h10-11,16H,2-9,12H2,1H3. The number of nitrogens with zero attached hydrogens (tertiary/aromatic N) is 3. The van der Waals surface area contributed by atoms with Crippen LogP contribution >= 0.6 is 11.6 Å². The van der Waals surface area contributed by atoms with E-state index in [1.54, 1.807) is 6.07 Å². The Morgan fingerprint density at radius 3 is 2.92 bits per heavy atom. The minimum absolute atomic E-state index is 0.0521. The van der Waals surface area contributed by atoms with Crippen LogP contribution in [0.15, 0.2) is 12.3 Å². The molecule has 0 N–H and O–H groups in total. The van der Waals surface area contributed by atoms with Crippen molar-refractivity contribution in [1.29, 1.82) is 0 Å². The first-order valence-corrected chi connectivity index (χ1v) is 9.37. The zero-order valence-corrected chi connectivity index (χ0v) is 14.9. The van der Waals surface area contributed by atoms with Gasteiger partial charge in [-0.1, -0.05) is 24.9 Å². The second-order valence-corrected chi connectivity index (χ2v) is 7.47. The molecule has 0 spiro atoms. The van der Waals surface area contributed by atoms with Crippen LogP contribution in [0, 0.1) is 5.41 Å². The first-order valence-electron chi connectivity index (χ1n) is 8.99. The van der Waals surface area contributed by atoms with E-state index in [1.165, 1.54) is 19.3 Å². The molecule has 4 rings (SSSR count). The number of fused-ring (bicyclic) bond motifs is 1. The molecular weight excluding hydrogens is 326 g/mol. The summed E-state index contributed by atoms with van der Waals surface area (Å²) in [5, 5.41) is 5.86. The molecule has 1 aliphatic carbocycles. The maximum Gasteiger partial charge on any atom is 0.165 e. The van der Waals surface area contributed by atoms with E-state index in [4.69, 9.17) is 21.1 Å². The van der Waals surface area contributed by atoms with Crippen molar-refractivity contribution in [2.45, 2.75) is 58.1 Å². The van der Waals surface area contributed by atoms with E-state index in [0.29, 0.717) is 10.6 Å². The first-order chi connectivity index (χ1) is 11.7. The minimum Gasteiger partial charge on any atom is -0.492 e. The smallest absolute Gasteiger partial charge is 0.165 e. The summed E-state index contributed by atoms with van der Waals surface area (Å²) in [4.78, 5) is 4.48. The van der Waals surface area contributed by atoms with Gasteiger partial charge >= 0.3 is 0 Å². The zero-order valence-electron chi connectivity index (χ0n) is 14.1. The molecule has 2 aliphatic rings. The zero-order chi connectivity index (χ0) is 16.6. The van der Waals surface area contributed by atoms with E-state index in [9.17, 15) is 0 Å². The maximum atomic E-state index is 6.25. The van der Waals surface area contributed by atoms with Gasteiger partial charge in [0.05, 0.1) is 18.2 Å². The molecule has 5 nitrogen and oxygen atoms in total. The monoisotopic (exact) mass is 349 g/mol. The number of rotatable bonds is 5. The largest absolute Gasteiger partial charge is 0.492 e. The molecule has 130 valence electrons. The lowest BCUT2D eigenvalue weighted by Crippen LogP contribution is -2.34. The minimum atomic E-state index is -0.0521. The van der Waals surface area contributed by atoms with Crippen molar-refractivity contribution in [2.75, 3.05) is 13.2 Å². The van der Waals surface area contributed by atoms with E-state index >= 15 is 0 Å². The van der Waals surface area contributed by atoms with Crippen LogP contribution in [0.25, 0.3) is 11.0 Å². The number of halogens is 1. The molecule has 6 heteroatoms. The van der Waals surface area contributed by atoms with Crippen LogP contribution in [0.1, 0.15) is 58.1 Å². The molecule has 0 amide bonds. The van der Waals surface area contributed by atoms with Crippen LogP contribution in [0.2, 0.25) is 5.15 Å². The predicted octanol–water partition coefficient (Wildman–Crippen LogP) is 4.74. The quantitative estimate of drug-likeness (QED) is 0.731. The number of aromatic nitrogens is 3. The summed E-state index contributed by atoms with van der Waals surface area (Å²) in [6.45, 7) is 3.76. The fraction of sp³-hybridized carbons (Fsp3) is 0.667. The highest BCUT2D eigenvalue weighted by Crippen LogP contribution is 2.44. The molecule has 2 fully saturated rings. The number of hydrogen-bond acceptors (Lipinski definition) is 4. The van der Waals surface area contributed by atoms with Crippen molar-refractivity contribution < 1.29 is 9.47 Å². The second kappa shape index (κ2) is 6.52. The topological polar surface area (TPSA) is 49.2 Å². The highest BCUT2D eigenvalue weighted by atomic mass is 35.5. The molecule has 1 saturated carbocycles. The Morgan fingerprint density at radius 1 is 1.38 bits per heavy atom. The molecule has 1 aliphatic heterocycles. The molecule has 0 bridgehead atoms. The molecule has 1 saturated heterocycles. The van der Waals surface area contributed by atoms with Crippen LogP contribution < -0.4 is 4.74 Å². The van der Waals surface area contributed by atoms with E-state index in [1.807, 2.05) is 10.9 Å². The third-order valence-electron chi connectivity index (χ3n) is 5.62. The van der Waals surface area contributed by atoms with Crippen LogP contribution in [0.4, 0.5) is 0 Å². The van der Waals surface area contributed by atoms with Gasteiger partial charge < -0.3 is 9.47 Å². The molecular formula is C18H24ClN3O2. The summed E-state index contributed by atoms with van der Waals surface area (Å²) in [6, 6.07) is 1.81. The second-order valence-electron chi connectivity index (χ2n) is 7.09. The first kappa shape index (κ1) is 16.2. The molecule has 3 heterocycles.